The summed E-state index contributed by atoms with van der Waals surface area (Å²) >= 11 is 0. The van der Waals surface area contributed by atoms with Crippen LogP contribution in [0, 0.1) is 0 Å². The lowest BCUT2D eigenvalue weighted by molar-refractivity contribution is 0.0994. The molecule has 0 fully saturated rings. The number of nitrogens with two attached hydrogens (primary N) is 1. The summed E-state index contributed by atoms with van der Waals surface area (Å²) in [7, 11) is 0. The van der Waals surface area contributed by atoms with Crippen LogP contribution in [-0.4, -0.2) is 26.3 Å². The first-order chi connectivity index (χ1) is 7.27. The van der Waals surface area contributed by atoms with Crippen LogP contribution in [0.5, 0.6) is 0 Å². The average Bonchev–Trinajstić information content (AvgIpc) is 2.82. The van der Waals surface area contributed by atoms with Crippen molar-refractivity contribution in [2.75, 3.05) is 0 Å². The number of carbonyl (C=O) groups excluding carboxylic acids is 1. The summed E-state index contributed by atoms with van der Waals surface area (Å²) in [5.41, 5.74) is 9.32. The third kappa shape index (κ3) is 1.01. The lowest BCUT2D eigenvalue weighted by Gasteiger charge is -2.09. The van der Waals surface area contributed by atoms with Crippen LogP contribution in [0.1, 0.15) is 21.6 Å². The summed E-state index contributed by atoms with van der Waals surface area (Å²) in [4.78, 5) is 11.1. The van der Waals surface area contributed by atoms with Crippen LogP contribution in [0.2, 0.25) is 0 Å². The highest BCUT2D eigenvalue weighted by atomic mass is 16.1. The maximum absolute atomic E-state index is 11.1. The molecule has 4 N–H and O–H groups in total. The zero-order valence-electron chi connectivity index (χ0n) is 7.87. The molecule has 6 heteroatoms. The Balaban J connectivity index is 2.23. The van der Waals surface area contributed by atoms with E-state index in [0.29, 0.717) is 5.69 Å². The molecule has 0 bridgehead atoms. The first kappa shape index (κ1) is 8.22. The first-order valence-corrected chi connectivity index (χ1v) is 4.67. The fourth-order valence-corrected chi connectivity index (χ4v) is 1.98. The molecule has 6 nitrogen and oxygen atoms in total. The Hall–Kier alpha value is -2.11. The summed E-state index contributed by atoms with van der Waals surface area (Å²) in [6.07, 6.45) is 3.42. The standard InChI is InChI=1S/C9H9N5O/c10-9(15)8-5-2-1-4-3-11-12-6(4)7(5)13-14-8/h3H,1-2H2,(H2,10,15)(H,11,12)(H,13,14). The van der Waals surface area contributed by atoms with Gasteiger partial charge in [-0.3, -0.25) is 15.0 Å². The molecule has 0 saturated heterocycles. The zero-order chi connectivity index (χ0) is 10.4. The number of fused-ring (bicyclic) bond motifs is 3. The number of rotatable bonds is 1. The van der Waals surface area contributed by atoms with Crippen LogP contribution < -0.4 is 5.73 Å². The van der Waals surface area contributed by atoms with Gasteiger partial charge in [0.15, 0.2) is 0 Å². The Morgan fingerprint density at radius 3 is 3.07 bits per heavy atom. The number of aromatic nitrogens is 4. The molecule has 0 unspecified atom stereocenters. The van der Waals surface area contributed by atoms with Gasteiger partial charge in [-0.1, -0.05) is 0 Å². The van der Waals surface area contributed by atoms with Crippen molar-refractivity contribution in [2.24, 2.45) is 5.73 Å². The number of nitrogens with one attached hydrogen (secondary N) is 2. The zero-order valence-corrected chi connectivity index (χ0v) is 7.87. The SMILES string of the molecule is NC(=O)c1[nH]nc2c1CCc1cn[nH]c1-2. The van der Waals surface area contributed by atoms with Gasteiger partial charge in [-0.15, -0.1) is 0 Å². The van der Waals surface area contributed by atoms with E-state index < -0.39 is 5.91 Å². The summed E-state index contributed by atoms with van der Waals surface area (Å²) in [6, 6.07) is 0. The van der Waals surface area contributed by atoms with Crippen LogP contribution >= 0.6 is 0 Å². The number of hydrogen-bond donors (Lipinski definition) is 3. The van der Waals surface area contributed by atoms with Gasteiger partial charge in [0.05, 0.1) is 11.9 Å². The molecule has 1 aliphatic rings. The number of nitrogens with zero attached hydrogens (tertiary/aromatic N) is 2. The Morgan fingerprint density at radius 2 is 2.27 bits per heavy atom. The van der Waals surface area contributed by atoms with Gasteiger partial charge in [0, 0.05) is 5.56 Å². The number of H-pyrrole nitrogens is 2. The van der Waals surface area contributed by atoms with E-state index >= 15 is 0 Å². The molecule has 2 aromatic heterocycles. The van der Waals surface area contributed by atoms with Crippen molar-refractivity contribution in [1.29, 1.82) is 0 Å². The highest BCUT2D eigenvalue weighted by Gasteiger charge is 2.25. The average molecular weight is 203 g/mol. The van der Waals surface area contributed by atoms with Crippen LogP contribution in [0.15, 0.2) is 6.20 Å². The van der Waals surface area contributed by atoms with Gasteiger partial charge in [0.1, 0.15) is 11.4 Å². The third-order valence-corrected chi connectivity index (χ3v) is 2.71. The van der Waals surface area contributed by atoms with Gasteiger partial charge in [0.25, 0.3) is 5.91 Å². The molecule has 1 amide bonds. The maximum atomic E-state index is 11.1. The Morgan fingerprint density at radius 1 is 1.40 bits per heavy atom. The topological polar surface area (TPSA) is 100 Å². The van der Waals surface area contributed by atoms with E-state index in [0.717, 1.165) is 35.4 Å². The largest absolute Gasteiger partial charge is 0.364 e. The van der Waals surface area contributed by atoms with Crippen molar-refractivity contribution in [1.82, 2.24) is 20.4 Å². The predicted molar refractivity (Wildman–Crippen MR) is 52.1 cm³/mol. The number of carbonyl (C=O) groups is 1. The van der Waals surface area contributed by atoms with Crippen molar-refractivity contribution in [2.45, 2.75) is 12.8 Å². The second-order valence-corrected chi connectivity index (χ2v) is 3.56. The van der Waals surface area contributed by atoms with E-state index in [1.807, 2.05) is 0 Å². The lowest BCUT2D eigenvalue weighted by Crippen LogP contribution is -2.15. The second-order valence-electron chi connectivity index (χ2n) is 3.56. The van der Waals surface area contributed by atoms with Gasteiger partial charge < -0.3 is 5.73 Å². The van der Waals surface area contributed by atoms with Gasteiger partial charge in [-0.25, -0.2) is 0 Å². The van der Waals surface area contributed by atoms with Crippen molar-refractivity contribution in [3.05, 3.63) is 23.0 Å². The fraction of sp³-hybridized carbons (Fsp3) is 0.222. The highest BCUT2D eigenvalue weighted by Crippen LogP contribution is 2.31. The quantitative estimate of drug-likeness (QED) is 0.608. The van der Waals surface area contributed by atoms with Crippen LogP contribution in [-0.2, 0) is 12.8 Å². The van der Waals surface area contributed by atoms with E-state index in [1.54, 1.807) is 6.20 Å². The molecule has 0 aliphatic heterocycles. The monoisotopic (exact) mass is 203 g/mol. The van der Waals surface area contributed by atoms with Crippen LogP contribution in [0.25, 0.3) is 11.4 Å². The molecule has 76 valence electrons. The minimum absolute atomic E-state index is 0.408. The maximum Gasteiger partial charge on any atom is 0.267 e. The summed E-state index contributed by atoms with van der Waals surface area (Å²) in [5, 5.41) is 13.6. The number of primary amides is 1. The third-order valence-electron chi connectivity index (χ3n) is 2.71. The number of hydrogen-bond acceptors (Lipinski definition) is 3. The molecule has 15 heavy (non-hydrogen) atoms. The Kier molecular flexibility index (Phi) is 1.47. The van der Waals surface area contributed by atoms with E-state index in [2.05, 4.69) is 20.4 Å². The molecule has 2 heterocycles. The van der Waals surface area contributed by atoms with Crippen LogP contribution in [0.3, 0.4) is 0 Å². The number of aryl methyl sites for hydroxylation is 1. The Bertz CT molecular complexity index is 538. The molecule has 0 atom stereocenters. The summed E-state index contributed by atoms with van der Waals surface area (Å²) in [5.74, 6) is -0.466. The molecular weight excluding hydrogens is 194 g/mol. The first-order valence-electron chi connectivity index (χ1n) is 4.67. The molecule has 0 aromatic carbocycles. The minimum atomic E-state index is -0.466. The molecule has 2 aromatic rings. The molecule has 3 rings (SSSR count). The highest BCUT2D eigenvalue weighted by molar-refractivity contribution is 5.94. The molecule has 1 aliphatic carbocycles. The molecule has 0 saturated carbocycles. The van der Waals surface area contributed by atoms with E-state index in [4.69, 9.17) is 5.73 Å². The van der Waals surface area contributed by atoms with Crippen molar-refractivity contribution in [3.8, 4) is 11.4 Å². The number of amides is 1. The fourth-order valence-electron chi connectivity index (χ4n) is 1.98. The second kappa shape index (κ2) is 2.69. The van der Waals surface area contributed by atoms with Gasteiger partial charge in [0.2, 0.25) is 0 Å². The molecular formula is C9H9N5O. The van der Waals surface area contributed by atoms with E-state index in [9.17, 15) is 4.79 Å². The predicted octanol–water partition coefficient (Wildman–Crippen LogP) is -0.00270. The number of aromatic amines is 2. The van der Waals surface area contributed by atoms with E-state index in [1.165, 1.54) is 0 Å². The minimum Gasteiger partial charge on any atom is -0.364 e. The van der Waals surface area contributed by atoms with Gasteiger partial charge in [-0.05, 0) is 18.4 Å². The Labute approximate surface area is 84.9 Å². The summed E-state index contributed by atoms with van der Waals surface area (Å²) < 4.78 is 0. The lowest BCUT2D eigenvalue weighted by atomic mass is 9.94. The van der Waals surface area contributed by atoms with Crippen LogP contribution in [0.4, 0.5) is 0 Å². The smallest absolute Gasteiger partial charge is 0.267 e. The molecule has 0 spiro atoms. The normalized spacial score (nSPS) is 13.3. The summed E-state index contributed by atoms with van der Waals surface area (Å²) in [6.45, 7) is 0. The van der Waals surface area contributed by atoms with Gasteiger partial charge in [-0.2, -0.15) is 10.2 Å². The van der Waals surface area contributed by atoms with Gasteiger partial charge >= 0.3 is 0 Å². The molecule has 0 radical (unpaired) electrons. The van der Waals surface area contributed by atoms with Crippen molar-refractivity contribution >= 4 is 5.91 Å². The van der Waals surface area contributed by atoms with E-state index in [-0.39, 0.29) is 0 Å². The van der Waals surface area contributed by atoms with Crippen molar-refractivity contribution < 1.29 is 4.79 Å². The van der Waals surface area contributed by atoms with Crippen molar-refractivity contribution in [3.63, 3.8) is 0 Å².